The molecule has 0 radical (unpaired) electrons. The summed E-state index contributed by atoms with van der Waals surface area (Å²) < 4.78 is 4.68. The summed E-state index contributed by atoms with van der Waals surface area (Å²) >= 11 is 0. The lowest BCUT2D eigenvalue weighted by molar-refractivity contribution is -0.192. The predicted octanol–water partition coefficient (Wildman–Crippen LogP) is 10.3. The number of carbonyl (C=O) groups is 4. The van der Waals surface area contributed by atoms with Gasteiger partial charge in [-0.05, 0) is 12.8 Å². The molecule has 0 saturated heterocycles. The number of aliphatic hydroxyl groups is 2. The Morgan fingerprint density at radius 1 is 0.479 bits per heavy atom. The minimum absolute atomic E-state index is 0.0868. The molecule has 3 N–H and O–H groups in total. The van der Waals surface area contributed by atoms with Crippen LogP contribution < -0.4 is 0 Å². The van der Waals surface area contributed by atoms with Crippen LogP contribution in [-0.2, 0) is 23.9 Å². The van der Waals surface area contributed by atoms with E-state index >= 15 is 0 Å². The van der Waals surface area contributed by atoms with Crippen LogP contribution in [0.1, 0.15) is 219 Å². The molecule has 0 aromatic rings. The number of hydrogen-bond donors (Lipinski definition) is 3. The van der Waals surface area contributed by atoms with E-state index in [9.17, 15) is 34.5 Å². The summed E-state index contributed by atoms with van der Waals surface area (Å²) in [5.74, 6) is -5.73. The molecule has 0 aliphatic carbocycles. The fraction of sp³-hybridized carbons (Fsp3) is 0.900. The van der Waals surface area contributed by atoms with Crippen LogP contribution in [0.5, 0.6) is 0 Å². The van der Waals surface area contributed by atoms with Crippen LogP contribution in [0.3, 0.4) is 0 Å². The number of Topliss-reactive ketones (excluding diaryl/α,β-unsaturated/α-hetero) is 1. The summed E-state index contributed by atoms with van der Waals surface area (Å²) in [6.45, 7) is 4.47. The third kappa shape index (κ3) is 24.4. The van der Waals surface area contributed by atoms with Gasteiger partial charge in [-0.1, -0.05) is 194 Å². The molecule has 0 rings (SSSR count). The maximum absolute atomic E-state index is 12.8. The molecular formula is C40H74O8. The molecule has 0 spiro atoms. The lowest BCUT2D eigenvalue weighted by atomic mass is 9.88. The molecule has 8 heteroatoms. The average Bonchev–Trinajstić information content (AvgIpc) is 3.07. The van der Waals surface area contributed by atoms with E-state index in [2.05, 4.69) is 18.6 Å². The Balaban J connectivity index is 4.13. The van der Waals surface area contributed by atoms with Gasteiger partial charge in [0, 0.05) is 12.8 Å². The molecule has 0 saturated carbocycles. The maximum Gasteiger partial charge on any atom is 0.357 e. The van der Waals surface area contributed by atoms with Crippen molar-refractivity contribution >= 4 is 23.7 Å². The predicted molar refractivity (Wildman–Crippen MR) is 194 cm³/mol. The summed E-state index contributed by atoms with van der Waals surface area (Å²) in [7, 11) is 0. The van der Waals surface area contributed by atoms with Crippen molar-refractivity contribution < 1.29 is 39.2 Å². The van der Waals surface area contributed by atoms with Crippen molar-refractivity contribution in [2.75, 3.05) is 0 Å². The first-order valence-electron chi connectivity index (χ1n) is 20.1. The van der Waals surface area contributed by atoms with Crippen LogP contribution >= 0.6 is 0 Å². The average molecular weight is 683 g/mol. The number of ketones is 1. The molecule has 0 fully saturated rings. The van der Waals surface area contributed by atoms with Crippen molar-refractivity contribution in [2.24, 2.45) is 0 Å². The molecular weight excluding hydrogens is 608 g/mol. The van der Waals surface area contributed by atoms with Crippen molar-refractivity contribution in [3.8, 4) is 0 Å². The van der Waals surface area contributed by atoms with Crippen LogP contribution in [-0.4, -0.2) is 50.7 Å². The van der Waals surface area contributed by atoms with Crippen LogP contribution in [0.15, 0.2) is 0 Å². The molecule has 0 heterocycles. The van der Waals surface area contributed by atoms with Crippen molar-refractivity contribution in [2.45, 2.75) is 231 Å². The van der Waals surface area contributed by atoms with Crippen molar-refractivity contribution in [3.63, 3.8) is 0 Å². The van der Waals surface area contributed by atoms with Crippen LogP contribution in [0.2, 0.25) is 0 Å². The molecule has 0 aromatic heterocycles. The van der Waals surface area contributed by atoms with Crippen molar-refractivity contribution in [1.29, 1.82) is 0 Å². The number of aliphatic carboxylic acids is 1. The van der Waals surface area contributed by atoms with E-state index in [4.69, 9.17) is 0 Å². The van der Waals surface area contributed by atoms with Gasteiger partial charge in [-0.3, -0.25) is 9.59 Å². The van der Waals surface area contributed by atoms with E-state index in [-0.39, 0.29) is 12.8 Å². The van der Waals surface area contributed by atoms with Crippen LogP contribution in [0.4, 0.5) is 0 Å². The summed E-state index contributed by atoms with van der Waals surface area (Å²) in [5.41, 5.74) is -3.31. The molecule has 2 unspecified atom stereocenters. The Morgan fingerprint density at radius 2 is 0.750 bits per heavy atom. The van der Waals surface area contributed by atoms with Gasteiger partial charge in [0.1, 0.15) is 0 Å². The van der Waals surface area contributed by atoms with Gasteiger partial charge < -0.3 is 20.1 Å². The molecule has 0 aromatic carbocycles. The lowest BCUT2D eigenvalue weighted by Gasteiger charge is -2.26. The number of carbonyl (C=O) groups excluding carboxylic acids is 3. The van der Waals surface area contributed by atoms with Gasteiger partial charge in [-0.25, -0.2) is 9.59 Å². The van der Waals surface area contributed by atoms with Gasteiger partial charge in [0.05, 0.1) is 0 Å². The molecule has 0 aliphatic heterocycles. The second-order valence-corrected chi connectivity index (χ2v) is 14.1. The van der Waals surface area contributed by atoms with E-state index in [0.717, 1.165) is 44.9 Å². The molecule has 0 aliphatic rings. The number of hydrogen-bond acceptors (Lipinski definition) is 7. The third-order valence-corrected chi connectivity index (χ3v) is 9.56. The fourth-order valence-electron chi connectivity index (χ4n) is 6.28. The second kappa shape index (κ2) is 32.4. The highest BCUT2D eigenvalue weighted by Crippen LogP contribution is 2.21. The Kier molecular flexibility index (Phi) is 31.2. The fourth-order valence-corrected chi connectivity index (χ4v) is 6.28. The number of carboxylic acid groups (broad SMARTS) is 1. The van der Waals surface area contributed by atoms with E-state index in [0.29, 0.717) is 19.3 Å². The normalized spacial score (nSPS) is 13.2. The number of esters is 2. The molecule has 8 nitrogen and oxygen atoms in total. The monoisotopic (exact) mass is 683 g/mol. The number of unbranched alkanes of at least 4 members (excludes halogenated alkanes) is 28. The van der Waals surface area contributed by atoms with Gasteiger partial charge >= 0.3 is 17.9 Å². The Hall–Kier alpha value is -1.80. The van der Waals surface area contributed by atoms with Gasteiger partial charge in [-0.2, -0.15) is 0 Å². The first kappa shape index (κ1) is 46.2. The number of ether oxygens (including phenoxy) is 1. The van der Waals surface area contributed by atoms with E-state index in [1.807, 2.05) is 0 Å². The molecule has 0 bridgehead atoms. The summed E-state index contributed by atoms with van der Waals surface area (Å²) in [6, 6.07) is 0. The number of carboxylic acids is 1. The van der Waals surface area contributed by atoms with E-state index in [1.54, 1.807) is 0 Å². The molecule has 282 valence electrons. The topological polar surface area (TPSA) is 138 Å². The van der Waals surface area contributed by atoms with Crippen molar-refractivity contribution in [3.05, 3.63) is 0 Å². The van der Waals surface area contributed by atoms with Gasteiger partial charge in [-0.15, -0.1) is 0 Å². The van der Waals surface area contributed by atoms with Gasteiger partial charge in [0.15, 0.2) is 11.9 Å². The number of aliphatic hydroxyl groups excluding tert-OH is 1. The molecule has 0 amide bonds. The second-order valence-electron chi connectivity index (χ2n) is 14.1. The first-order chi connectivity index (χ1) is 23.2. The summed E-state index contributed by atoms with van der Waals surface area (Å²) in [6.07, 6.45) is 31.5. The van der Waals surface area contributed by atoms with Crippen LogP contribution in [0, 0.1) is 0 Å². The highest BCUT2D eigenvalue weighted by molar-refractivity contribution is 6.12. The first-order valence-corrected chi connectivity index (χ1v) is 20.1. The minimum Gasteiger partial charge on any atom is -0.479 e. The molecule has 2 atom stereocenters. The maximum atomic E-state index is 12.8. The van der Waals surface area contributed by atoms with E-state index < -0.39 is 35.4 Å². The molecule has 48 heavy (non-hydrogen) atoms. The highest BCUT2D eigenvalue weighted by Gasteiger charge is 2.55. The SMILES string of the molecule is CCCCCCCCCCCCCCCCCC(=O)OC(=O)C(O)(C(=O)CCCCCCCCCCCCCCCCC)C(O)C(=O)O. The van der Waals surface area contributed by atoms with Gasteiger partial charge in [0.2, 0.25) is 0 Å². The quantitative estimate of drug-likeness (QED) is 0.0337. The highest BCUT2D eigenvalue weighted by atomic mass is 16.6. The van der Waals surface area contributed by atoms with Crippen molar-refractivity contribution in [1.82, 2.24) is 0 Å². The Morgan fingerprint density at radius 3 is 1.04 bits per heavy atom. The zero-order valence-corrected chi connectivity index (χ0v) is 31.1. The Bertz CT molecular complexity index is 813. The summed E-state index contributed by atoms with van der Waals surface area (Å²) in [4.78, 5) is 49.1. The minimum atomic E-state index is -3.31. The van der Waals surface area contributed by atoms with Gasteiger partial charge in [0.25, 0.3) is 5.60 Å². The zero-order valence-electron chi connectivity index (χ0n) is 31.1. The summed E-state index contributed by atoms with van der Waals surface area (Å²) in [5, 5.41) is 30.1. The van der Waals surface area contributed by atoms with E-state index in [1.165, 1.54) is 128 Å². The third-order valence-electron chi connectivity index (χ3n) is 9.56. The lowest BCUT2D eigenvalue weighted by Crippen LogP contribution is -2.59. The Labute approximate surface area is 293 Å². The largest absolute Gasteiger partial charge is 0.479 e. The van der Waals surface area contributed by atoms with Crippen LogP contribution in [0.25, 0.3) is 0 Å². The number of rotatable bonds is 36. The smallest absolute Gasteiger partial charge is 0.357 e. The standard InChI is InChI=1S/C40H74O8/c1-3-5-7-9-11-13-15-17-19-21-23-25-27-29-31-33-35(41)40(47,37(43)38(44)45)39(46)48-36(42)34-32-30-28-26-24-22-20-18-16-14-12-10-8-6-4-2/h37,43,47H,3-34H2,1-2H3,(H,44,45). The zero-order chi connectivity index (χ0) is 35.7.